The van der Waals surface area contributed by atoms with Crippen LogP contribution in [0.1, 0.15) is 16.2 Å². The van der Waals surface area contributed by atoms with Crippen LogP contribution in [0.25, 0.3) is 0 Å². The average Bonchev–Trinajstić information content (AvgIpc) is 2.88. The Bertz CT molecular complexity index is 733. The Hall–Kier alpha value is -2.46. The van der Waals surface area contributed by atoms with Crippen LogP contribution in [0.15, 0.2) is 39.5 Å². The van der Waals surface area contributed by atoms with Gasteiger partial charge in [0.1, 0.15) is 11.5 Å². The molecule has 0 saturated heterocycles. The van der Waals surface area contributed by atoms with Crippen molar-refractivity contribution in [1.82, 2.24) is 4.98 Å². The smallest absolute Gasteiger partial charge is 0.249 e. The number of aromatic nitrogens is 1. The summed E-state index contributed by atoms with van der Waals surface area (Å²) in [5, 5.41) is 11.6. The Kier molecular flexibility index (Phi) is 4.50. The fourth-order valence-corrected chi connectivity index (χ4v) is 2.07. The summed E-state index contributed by atoms with van der Waals surface area (Å²) < 4.78 is 5.57. The summed E-state index contributed by atoms with van der Waals surface area (Å²) in [4.78, 5) is 28.0. The van der Waals surface area contributed by atoms with Gasteiger partial charge >= 0.3 is 0 Å². The lowest BCUT2D eigenvalue weighted by Crippen LogP contribution is -2.29. The predicted molar refractivity (Wildman–Crippen MR) is 77.4 cm³/mol. The highest BCUT2D eigenvalue weighted by molar-refractivity contribution is 9.10. The van der Waals surface area contributed by atoms with Crippen LogP contribution in [0.5, 0.6) is 0 Å². The molecular formula is C14H10BrN3O3. The largest absolute Gasteiger partial charge is 0.448 e. The first kappa shape index (κ1) is 14.9. The van der Waals surface area contributed by atoms with Gasteiger partial charge in [-0.3, -0.25) is 9.59 Å². The molecule has 1 aromatic heterocycles. The van der Waals surface area contributed by atoms with E-state index in [9.17, 15) is 9.59 Å². The average molecular weight is 348 g/mol. The van der Waals surface area contributed by atoms with Crippen molar-refractivity contribution < 1.29 is 14.0 Å². The van der Waals surface area contributed by atoms with E-state index in [4.69, 9.17) is 9.68 Å². The predicted octanol–water partition coefficient (Wildman–Crippen LogP) is 2.71. The summed E-state index contributed by atoms with van der Waals surface area (Å²) in [6.07, 6.45) is 1.10. The van der Waals surface area contributed by atoms with Gasteiger partial charge in [-0.15, -0.1) is 0 Å². The van der Waals surface area contributed by atoms with Crippen molar-refractivity contribution in [2.75, 3.05) is 5.32 Å². The first-order valence-corrected chi connectivity index (χ1v) is 6.73. The molecule has 0 unspecified atom stereocenters. The van der Waals surface area contributed by atoms with E-state index in [-0.39, 0.29) is 11.5 Å². The molecule has 1 N–H and O–H groups in total. The van der Waals surface area contributed by atoms with Crippen LogP contribution in [-0.2, 0) is 4.79 Å². The molecule has 7 heteroatoms. The van der Waals surface area contributed by atoms with Crippen LogP contribution in [0, 0.1) is 24.2 Å². The van der Waals surface area contributed by atoms with Gasteiger partial charge in [-0.2, -0.15) is 5.26 Å². The van der Waals surface area contributed by atoms with Gasteiger partial charge in [0.25, 0.3) is 0 Å². The first-order valence-electron chi connectivity index (χ1n) is 5.94. The molecular weight excluding hydrogens is 338 g/mol. The monoisotopic (exact) mass is 347 g/mol. The molecule has 1 amide bonds. The van der Waals surface area contributed by atoms with Crippen LogP contribution in [0.2, 0.25) is 0 Å². The number of aryl methyl sites for hydroxylation is 1. The van der Waals surface area contributed by atoms with E-state index in [1.165, 1.54) is 0 Å². The van der Waals surface area contributed by atoms with E-state index < -0.39 is 17.6 Å². The van der Waals surface area contributed by atoms with E-state index in [1.807, 2.05) is 0 Å². The summed E-state index contributed by atoms with van der Waals surface area (Å²) in [5.41, 5.74) is 0.469. The minimum atomic E-state index is -1.49. The molecule has 0 fully saturated rings. The van der Waals surface area contributed by atoms with Crippen molar-refractivity contribution in [2.45, 2.75) is 6.92 Å². The molecule has 0 bridgehead atoms. The zero-order chi connectivity index (χ0) is 15.4. The van der Waals surface area contributed by atoms with Crippen molar-refractivity contribution in [3.8, 4) is 6.07 Å². The van der Waals surface area contributed by atoms with Crippen molar-refractivity contribution >= 4 is 33.3 Å². The quantitative estimate of drug-likeness (QED) is 0.677. The Morgan fingerprint density at radius 2 is 2.14 bits per heavy atom. The summed E-state index contributed by atoms with van der Waals surface area (Å²) in [5.74, 6) is -2.61. The van der Waals surface area contributed by atoms with Crippen LogP contribution < -0.4 is 5.32 Å². The van der Waals surface area contributed by atoms with Gasteiger partial charge in [0.15, 0.2) is 12.3 Å². The third kappa shape index (κ3) is 3.17. The molecule has 1 atom stereocenters. The number of nitrogens with zero attached hydrogens (tertiary/aromatic N) is 2. The number of halogens is 1. The second-order valence-corrected chi connectivity index (χ2v) is 5.01. The fourth-order valence-electron chi connectivity index (χ4n) is 1.68. The Labute approximate surface area is 128 Å². The zero-order valence-electron chi connectivity index (χ0n) is 11.0. The Morgan fingerprint density at radius 3 is 2.71 bits per heavy atom. The lowest BCUT2D eigenvalue weighted by atomic mass is 10.0. The number of anilines is 1. The number of nitrogens with one attached hydrogen (secondary N) is 1. The number of oxazole rings is 1. The van der Waals surface area contributed by atoms with Gasteiger partial charge in [-0.1, -0.05) is 12.1 Å². The zero-order valence-corrected chi connectivity index (χ0v) is 12.5. The second kappa shape index (κ2) is 6.33. The van der Waals surface area contributed by atoms with Gasteiger partial charge < -0.3 is 9.73 Å². The number of nitriles is 1. The van der Waals surface area contributed by atoms with Crippen LogP contribution in [-0.4, -0.2) is 16.7 Å². The second-order valence-electron chi connectivity index (χ2n) is 4.15. The number of Topliss-reactive ketones (excluding diaryl/α,β-unsaturated/α-hetero) is 1. The third-order valence-corrected chi connectivity index (χ3v) is 3.45. The van der Waals surface area contributed by atoms with E-state index >= 15 is 0 Å². The molecule has 21 heavy (non-hydrogen) atoms. The van der Waals surface area contributed by atoms with E-state index in [0.717, 1.165) is 6.39 Å². The molecule has 6 nitrogen and oxygen atoms in total. The number of amides is 1. The van der Waals surface area contributed by atoms with Crippen molar-refractivity contribution in [3.05, 3.63) is 46.6 Å². The van der Waals surface area contributed by atoms with Crippen molar-refractivity contribution in [1.29, 1.82) is 5.26 Å². The maximum atomic E-state index is 12.2. The minimum Gasteiger partial charge on any atom is -0.448 e. The number of benzene rings is 1. The highest BCUT2D eigenvalue weighted by atomic mass is 79.9. The van der Waals surface area contributed by atoms with Crippen molar-refractivity contribution in [3.63, 3.8) is 0 Å². The standard InChI is InChI=1S/C14H10BrN3O3/c1-8-12(17-7-21-8)13(19)9(6-16)14(20)18-11-5-3-2-4-10(11)15/h2-5,7,9H,1H3,(H,18,20)/t9-/m1/s1. The minimum absolute atomic E-state index is 0.0103. The highest BCUT2D eigenvalue weighted by Crippen LogP contribution is 2.22. The first-order chi connectivity index (χ1) is 10.0. The van der Waals surface area contributed by atoms with Gasteiger partial charge in [-0.25, -0.2) is 4.98 Å². The van der Waals surface area contributed by atoms with Crippen LogP contribution in [0.4, 0.5) is 5.69 Å². The SMILES string of the molecule is Cc1ocnc1C(=O)[C@@H](C#N)C(=O)Nc1ccccc1Br. The van der Waals surface area contributed by atoms with Crippen molar-refractivity contribution in [2.24, 2.45) is 5.92 Å². The number of para-hydroxylation sites is 1. The molecule has 0 aliphatic carbocycles. The number of carbonyl (C=O) groups excluding carboxylic acids is 2. The van der Waals surface area contributed by atoms with Gasteiger partial charge in [0, 0.05) is 4.47 Å². The maximum absolute atomic E-state index is 12.2. The van der Waals surface area contributed by atoms with E-state index in [2.05, 4.69) is 26.2 Å². The topological polar surface area (TPSA) is 96.0 Å². The third-order valence-electron chi connectivity index (χ3n) is 2.76. The fraction of sp³-hybridized carbons (Fsp3) is 0.143. The molecule has 0 spiro atoms. The van der Waals surface area contributed by atoms with E-state index in [0.29, 0.717) is 10.2 Å². The number of carbonyl (C=O) groups is 2. The molecule has 1 aromatic carbocycles. The lowest BCUT2D eigenvalue weighted by molar-refractivity contribution is -0.117. The Morgan fingerprint density at radius 1 is 1.43 bits per heavy atom. The van der Waals surface area contributed by atoms with E-state index in [1.54, 1.807) is 37.3 Å². The molecule has 2 rings (SSSR count). The van der Waals surface area contributed by atoms with Crippen LogP contribution >= 0.6 is 15.9 Å². The number of ketones is 1. The molecule has 2 aromatic rings. The molecule has 0 saturated carbocycles. The van der Waals surface area contributed by atoms with Gasteiger partial charge in [0.05, 0.1) is 11.8 Å². The summed E-state index contributed by atoms with van der Waals surface area (Å²) >= 11 is 3.27. The summed E-state index contributed by atoms with van der Waals surface area (Å²) in [6, 6.07) is 8.60. The van der Waals surface area contributed by atoms with Gasteiger partial charge in [-0.05, 0) is 35.0 Å². The molecule has 0 aliphatic rings. The molecule has 106 valence electrons. The molecule has 1 heterocycles. The number of hydrogen-bond acceptors (Lipinski definition) is 5. The molecule has 0 aliphatic heterocycles. The lowest BCUT2D eigenvalue weighted by Gasteiger charge is -2.10. The summed E-state index contributed by atoms with van der Waals surface area (Å²) in [7, 11) is 0. The number of hydrogen-bond donors (Lipinski definition) is 1. The Balaban J connectivity index is 2.21. The number of rotatable bonds is 4. The summed E-state index contributed by atoms with van der Waals surface area (Å²) in [6.45, 7) is 1.54. The highest BCUT2D eigenvalue weighted by Gasteiger charge is 2.31. The maximum Gasteiger partial charge on any atom is 0.249 e. The normalized spacial score (nSPS) is 11.5. The van der Waals surface area contributed by atoms with Gasteiger partial charge in [0.2, 0.25) is 11.7 Å². The van der Waals surface area contributed by atoms with Crippen LogP contribution in [0.3, 0.4) is 0 Å². The molecule has 0 radical (unpaired) electrons.